The molecule has 0 atom stereocenters. The van der Waals surface area contributed by atoms with Gasteiger partial charge in [-0.05, 0) is 24.5 Å². The molecule has 1 radical (unpaired) electrons. The molecule has 4 N–H and O–H groups in total. The van der Waals surface area contributed by atoms with Gasteiger partial charge >= 0.3 is 0 Å². The number of carbonyl (C=O) groups excluding carboxylic acids is 2. The van der Waals surface area contributed by atoms with Gasteiger partial charge in [-0.3, -0.25) is 14.8 Å². The molecule has 0 heterocycles. The Labute approximate surface area is 93.2 Å². The van der Waals surface area contributed by atoms with Crippen molar-refractivity contribution in [1.29, 1.82) is 0 Å². The summed E-state index contributed by atoms with van der Waals surface area (Å²) in [6, 6.07) is 6.93. The molecule has 85 valence electrons. The van der Waals surface area contributed by atoms with Crippen LogP contribution in [0.5, 0.6) is 0 Å². The van der Waals surface area contributed by atoms with Crippen molar-refractivity contribution in [2.45, 2.75) is 12.8 Å². The Kier molecular flexibility index (Phi) is 4.47. The molecule has 0 spiro atoms. The highest BCUT2D eigenvalue weighted by molar-refractivity contribution is 5.94. The van der Waals surface area contributed by atoms with E-state index in [0.29, 0.717) is 12.0 Å². The van der Waals surface area contributed by atoms with Crippen LogP contribution in [-0.2, 0) is 11.2 Å². The smallest absolute Gasteiger partial charge is 0.248 e. The predicted molar refractivity (Wildman–Crippen MR) is 57.5 cm³/mol. The second kappa shape index (κ2) is 5.87. The molecule has 1 aromatic rings. The summed E-state index contributed by atoms with van der Waals surface area (Å²) in [5, 5.41) is 8.28. The first kappa shape index (κ1) is 12.2. The van der Waals surface area contributed by atoms with Gasteiger partial charge in [0.1, 0.15) is 0 Å². The Morgan fingerprint density at radius 1 is 1.38 bits per heavy atom. The minimum absolute atomic E-state index is 0.0869. The van der Waals surface area contributed by atoms with Crippen LogP contribution in [0.4, 0.5) is 0 Å². The summed E-state index contributed by atoms with van der Waals surface area (Å²) in [7, 11) is 0. The van der Waals surface area contributed by atoms with Crippen molar-refractivity contribution in [2.75, 3.05) is 0 Å². The predicted octanol–water partition coefficient (Wildman–Crippen LogP) is 0.428. The Balaban J connectivity index is 2.60. The summed E-state index contributed by atoms with van der Waals surface area (Å²) >= 11 is 0. The lowest BCUT2D eigenvalue weighted by Crippen LogP contribution is -2.19. The molecule has 0 aliphatic heterocycles. The molecule has 0 aliphatic rings. The topological polar surface area (TPSA) is 92.4 Å². The normalized spacial score (nSPS) is 9.81. The number of hydroxylamine groups is 1. The van der Waals surface area contributed by atoms with Gasteiger partial charge < -0.3 is 5.73 Å². The average Bonchev–Trinajstić information content (AvgIpc) is 2.29. The highest BCUT2D eigenvalue weighted by atomic mass is 16.5. The second-order valence-corrected chi connectivity index (χ2v) is 3.25. The molecule has 5 heteroatoms. The maximum absolute atomic E-state index is 11.1. The first-order chi connectivity index (χ1) is 7.65. The zero-order valence-corrected chi connectivity index (χ0v) is 8.64. The molecule has 0 aliphatic carbocycles. The van der Waals surface area contributed by atoms with E-state index in [1.165, 1.54) is 5.48 Å². The van der Waals surface area contributed by atoms with Crippen LogP contribution in [0.3, 0.4) is 0 Å². The molecule has 0 saturated heterocycles. The number of nitrogens with one attached hydrogen (secondary N) is 1. The molecule has 0 unspecified atom stereocenters. The minimum Gasteiger partial charge on any atom is -0.366 e. The maximum atomic E-state index is 11.1. The summed E-state index contributed by atoms with van der Waals surface area (Å²) in [4.78, 5) is 21.8. The molecule has 5 nitrogen and oxygen atoms in total. The van der Waals surface area contributed by atoms with Gasteiger partial charge in [-0.1, -0.05) is 18.2 Å². The molecule has 16 heavy (non-hydrogen) atoms. The number of primary amides is 1. The fourth-order valence-electron chi connectivity index (χ4n) is 1.34. The molecule has 2 amide bonds. The monoisotopic (exact) mass is 221 g/mol. The highest BCUT2D eigenvalue weighted by Crippen LogP contribution is 2.10. The van der Waals surface area contributed by atoms with Gasteiger partial charge in [-0.25, -0.2) is 5.48 Å². The van der Waals surface area contributed by atoms with E-state index in [2.05, 4.69) is 0 Å². The molecule has 0 fully saturated rings. The van der Waals surface area contributed by atoms with E-state index in [1.807, 2.05) is 0 Å². The maximum Gasteiger partial charge on any atom is 0.248 e. The fourth-order valence-corrected chi connectivity index (χ4v) is 1.34. The van der Waals surface area contributed by atoms with E-state index in [0.717, 1.165) is 5.56 Å². The van der Waals surface area contributed by atoms with E-state index in [4.69, 9.17) is 10.9 Å². The Morgan fingerprint density at radius 2 is 2.06 bits per heavy atom. The van der Waals surface area contributed by atoms with E-state index < -0.39 is 11.8 Å². The Morgan fingerprint density at radius 3 is 2.69 bits per heavy atom. The number of benzene rings is 1. The van der Waals surface area contributed by atoms with Crippen LogP contribution < -0.4 is 11.2 Å². The molecule has 1 aromatic carbocycles. The van der Waals surface area contributed by atoms with Gasteiger partial charge in [0, 0.05) is 12.0 Å². The average molecular weight is 221 g/mol. The third-order valence-corrected chi connectivity index (χ3v) is 2.10. The van der Waals surface area contributed by atoms with Crippen LogP contribution in [0.15, 0.2) is 24.3 Å². The van der Waals surface area contributed by atoms with E-state index in [9.17, 15) is 9.59 Å². The largest absolute Gasteiger partial charge is 0.366 e. The summed E-state index contributed by atoms with van der Waals surface area (Å²) in [6.45, 7) is 0. The van der Waals surface area contributed by atoms with Crippen molar-refractivity contribution in [3.63, 3.8) is 0 Å². The zero-order chi connectivity index (χ0) is 12.0. The molecule has 0 aromatic heterocycles. The first-order valence-electron chi connectivity index (χ1n) is 4.77. The minimum atomic E-state index is -0.490. The number of nitrogens with two attached hydrogens (primary N) is 1. The van der Waals surface area contributed by atoms with E-state index in [-0.39, 0.29) is 6.42 Å². The zero-order valence-electron chi connectivity index (χ0n) is 8.64. The number of amides is 2. The van der Waals surface area contributed by atoms with Crippen LogP contribution in [0, 0.1) is 6.42 Å². The van der Waals surface area contributed by atoms with Crippen molar-refractivity contribution in [2.24, 2.45) is 5.73 Å². The van der Waals surface area contributed by atoms with Gasteiger partial charge in [-0.15, -0.1) is 0 Å². The van der Waals surface area contributed by atoms with Crippen molar-refractivity contribution in [3.8, 4) is 0 Å². The van der Waals surface area contributed by atoms with Gasteiger partial charge in [0.15, 0.2) is 0 Å². The Bertz CT molecular complexity index is 391. The number of hydrogen-bond donors (Lipinski definition) is 3. The number of hydrogen-bond acceptors (Lipinski definition) is 3. The second-order valence-electron chi connectivity index (χ2n) is 3.25. The van der Waals surface area contributed by atoms with E-state index in [1.54, 1.807) is 30.7 Å². The van der Waals surface area contributed by atoms with Gasteiger partial charge in [0.25, 0.3) is 0 Å². The molecule has 0 bridgehead atoms. The number of rotatable bonds is 5. The lowest BCUT2D eigenvalue weighted by atomic mass is 10.0. The van der Waals surface area contributed by atoms with Gasteiger partial charge in [0.2, 0.25) is 11.8 Å². The van der Waals surface area contributed by atoms with Crippen LogP contribution >= 0.6 is 0 Å². The molecular formula is C11H13N2O3. The van der Waals surface area contributed by atoms with Gasteiger partial charge in [-0.2, -0.15) is 0 Å². The van der Waals surface area contributed by atoms with Crippen LogP contribution in [0.1, 0.15) is 22.3 Å². The van der Waals surface area contributed by atoms with E-state index >= 15 is 0 Å². The standard InChI is InChI=1S/C11H13N2O3/c12-11(15)9-6-2-1-4-8(9)5-3-7-10(14)13-16/h1-4,6,16H,5,7H2,(H2,12,15)(H,13,14). The summed E-state index contributed by atoms with van der Waals surface area (Å²) < 4.78 is 0. The fraction of sp³-hybridized carbons (Fsp3) is 0.182. The summed E-state index contributed by atoms with van der Waals surface area (Å²) in [5.41, 5.74) is 7.94. The van der Waals surface area contributed by atoms with Crippen molar-refractivity contribution in [1.82, 2.24) is 5.48 Å². The molecule has 0 saturated carbocycles. The molecular weight excluding hydrogens is 208 g/mol. The number of carbonyl (C=O) groups is 2. The third-order valence-electron chi connectivity index (χ3n) is 2.10. The summed E-state index contributed by atoms with van der Waals surface area (Å²) in [5.74, 6) is -0.979. The highest BCUT2D eigenvalue weighted by Gasteiger charge is 2.07. The van der Waals surface area contributed by atoms with Crippen LogP contribution in [0.2, 0.25) is 0 Å². The SMILES string of the molecule is NC(=O)c1ccccc1C[CH]CC(=O)NO. The van der Waals surface area contributed by atoms with Crippen LogP contribution in [-0.4, -0.2) is 17.0 Å². The summed E-state index contributed by atoms with van der Waals surface area (Å²) in [6.07, 6.45) is 2.20. The van der Waals surface area contributed by atoms with Crippen LogP contribution in [0.25, 0.3) is 0 Å². The Hall–Kier alpha value is -1.88. The van der Waals surface area contributed by atoms with Crippen molar-refractivity contribution < 1.29 is 14.8 Å². The van der Waals surface area contributed by atoms with Crippen molar-refractivity contribution in [3.05, 3.63) is 41.8 Å². The lowest BCUT2D eigenvalue weighted by molar-refractivity contribution is -0.128. The first-order valence-corrected chi connectivity index (χ1v) is 4.77. The van der Waals surface area contributed by atoms with Gasteiger partial charge in [0.05, 0.1) is 0 Å². The van der Waals surface area contributed by atoms with Crippen molar-refractivity contribution >= 4 is 11.8 Å². The molecule has 1 rings (SSSR count). The third kappa shape index (κ3) is 3.36. The quantitative estimate of drug-likeness (QED) is 0.497. The lowest BCUT2D eigenvalue weighted by Gasteiger charge is -2.05.